The van der Waals surface area contributed by atoms with E-state index in [4.69, 9.17) is 4.74 Å². The molecule has 24 heavy (non-hydrogen) atoms. The number of ether oxygens (including phenoxy) is 1. The second-order valence-corrected chi connectivity index (χ2v) is 5.56. The van der Waals surface area contributed by atoms with Crippen molar-refractivity contribution in [1.29, 1.82) is 0 Å². The van der Waals surface area contributed by atoms with Gasteiger partial charge in [0.15, 0.2) is 12.3 Å². The van der Waals surface area contributed by atoms with E-state index in [9.17, 15) is 9.59 Å². The van der Waals surface area contributed by atoms with Gasteiger partial charge >= 0.3 is 5.97 Å². The highest BCUT2D eigenvalue weighted by atomic mass is 16.5. The zero-order valence-electron chi connectivity index (χ0n) is 14.1. The summed E-state index contributed by atoms with van der Waals surface area (Å²) in [6.07, 6.45) is 3.76. The highest BCUT2D eigenvalue weighted by Gasteiger charge is 2.14. The smallest absolute Gasteiger partial charge is 0.359 e. The molecule has 1 atom stereocenters. The van der Waals surface area contributed by atoms with E-state index in [1.165, 1.54) is 12.4 Å². The van der Waals surface area contributed by atoms with Gasteiger partial charge in [0, 0.05) is 11.9 Å². The summed E-state index contributed by atoms with van der Waals surface area (Å²) in [6, 6.07) is 7.62. The van der Waals surface area contributed by atoms with Crippen molar-refractivity contribution in [3.05, 3.63) is 53.6 Å². The van der Waals surface area contributed by atoms with Crippen LogP contribution in [-0.2, 0) is 9.53 Å². The largest absolute Gasteiger partial charge is 0.451 e. The van der Waals surface area contributed by atoms with Crippen molar-refractivity contribution >= 4 is 17.6 Å². The van der Waals surface area contributed by atoms with Crippen LogP contribution in [0.4, 0.5) is 5.69 Å². The molecule has 0 aliphatic carbocycles. The Kier molecular flexibility index (Phi) is 6.01. The van der Waals surface area contributed by atoms with Crippen LogP contribution in [0.2, 0.25) is 0 Å². The first-order valence-electron chi connectivity index (χ1n) is 7.85. The Hall–Kier alpha value is -2.76. The first kappa shape index (κ1) is 17.6. The minimum Gasteiger partial charge on any atom is -0.451 e. The third-order valence-corrected chi connectivity index (χ3v) is 3.70. The molecular formula is C18H21N3O3. The van der Waals surface area contributed by atoms with E-state index in [-0.39, 0.29) is 18.2 Å². The predicted molar refractivity (Wildman–Crippen MR) is 90.8 cm³/mol. The molecule has 1 aromatic carbocycles. The maximum absolute atomic E-state index is 12.0. The Morgan fingerprint density at radius 3 is 2.62 bits per heavy atom. The van der Waals surface area contributed by atoms with Crippen LogP contribution < -0.4 is 5.32 Å². The van der Waals surface area contributed by atoms with Gasteiger partial charge in [-0.15, -0.1) is 0 Å². The lowest BCUT2D eigenvalue weighted by Crippen LogP contribution is -2.22. The first-order valence-corrected chi connectivity index (χ1v) is 7.85. The molecule has 0 aliphatic rings. The van der Waals surface area contributed by atoms with Crippen LogP contribution >= 0.6 is 0 Å². The normalized spacial score (nSPS) is 11.6. The van der Waals surface area contributed by atoms with Crippen LogP contribution in [0.15, 0.2) is 36.7 Å². The molecule has 1 aromatic heterocycles. The van der Waals surface area contributed by atoms with E-state index in [0.29, 0.717) is 11.6 Å². The number of rotatable bonds is 6. The molecule has 0 aliphatic heterocycles. The van der Waals surface area contributed by atoms with E-state index < -0.39 is 5.97 Å². The van der Waals surface area contributed by atoms with Crippen LogP contribution in [0.25, 0.3) is 0 Å². The average Bonchev–Trinajstić information content (AvgIpc) is 2.60. The molecule has 2 rings (SSSR count). The molecule has 1 heterocycles. The topological polar surface area (TPSA) is 81.2 Å². The summed E-state index contributed by atoms with van der Waals surface area (Å²) >= 11 is 0. The summed E-state index contributed by atoms with van der Waals surface area (Å²) in [7, 11) is 0. The number of hydrogen-bond donors (Lipinski definition) is 1. The fourth-order valence-electron chi connectivity index (χ4n) is 2.15. The number of hydrogen-bond acceptors (Lipinski definition) is 5. The highest BCUT2D eigenvalue weighted by Crippen LogP contribution is 2.26. The number of carbonyl (C=O) groups excluding carboxylic acids is 2. The number of nitrogens with one attached hydrogen (secondary N) is 1. The molecule has 2 aromatic rings. The van der Waals surface area contributed by atoms with Crippen LogP contribution in [0, 0.1) is 6.92 Å². The molecule has 0 saturated heterocycles. The SMILES string of the molecule is CC[C@H](C)c1ccccc1NC(=O)COC(=O)c1cnc(C)cn1. The third-order valence-electron chi connectivity index (χ3n) is 3.70. The summed E-state index contributed by atoms with van der Waals surface area (Å²) in [5.41, 5.74) is 2.58. The summed E-state index contributed by atoms with van der Waals surface area (Å²) in [5.74, 6) is -0.737. The van der Waals surface area contributed by atoms with Crippen molar-refractivity contribution in [3.63, 3.8) is 0 Å². The summed E-state index contributed by atoms with van der Waals surface area (Å²) in [5, 5.41) is 2.79. The average molecular weight is 327 g/mol. The minimum atomic E-state index is -0.673. The van der Waals surface area contributed by atoms with Gasteiger partial charge in [-0.05, 0) is 30.9 Å². The van der Waals surface area contributed by atoms with Gasteiger partial charge in [-0.25, -0.2) is 9.78 Å². The zero-order valence-corrected chi connectivity index (χ0v) is 14.1. The van der Waals surface area contributed by atoms with Gasteiger partial charge in [-0.1, -0.05) is 32.0 Å². The first-order chi connectivity index (χ1) is 11.5. The molecule has 0 saturated carbocycles. The van der Waals surface area contributed by atoms with Crippen molar-refractivity contribution in [2.45, 2.75) is 33.1 Å². The van der Waals surface area contributed by atoms with E-state index in [1.54, 1.807) is 6.92 Å². The van der Waals surface area contributed by atoms with Gasteiger partial charge in [0.25, 0.3) is 5.91 Å². The number of benzene rings is 1. The van der Waals surface area contributed by atoms with E-state index in [2.05, 4.69) is 29.1 Å². The molecule has 1 N–H and O–H groups in total. The molecule has 0 unspecified atom stereocenters. The molecule has 1 amide bonds. The number of carbonyl (C=O) groups is 2. The second kappa shape index (κ2) is 8.19. The van der Waals surface area contributed by atoms with Crippen molar-refractivity contribution in [1.82, 2.24) is 9.97 Å². The van der Waals surface area contributed by atoms with Crippen LogP contribution in [0.1, 0.15) is 47.9 Å². The summed E-state index contributed by atoms with van der Waals surface area (Å²) in [6.45, 7) is 5.59. The molecule has 0 spiro atoms. The quantitative estimate of drug-likeness (QED) is 0.825. The van der Waals surface area contributed by atoms with Crippen molar-refractivity contribution in [2.75, 3.05) is 11.9 Å². The lowest BCUT2D eigenvalue weighted by atomic mass is 9.97. The van der Waals surface area contributed by atoms with Gasteiger partial charge in [-0.2, -0.15) is 0 Å². The van der Waals surface area contributed by atoms with E-state index in [0.717, 1.165) is 17.7 Å². The van der Waals surface area contributed by atoms with Gasteiger partial charge in [0.2, 0.25) is 0 Å². The van der Waals surface area contributed by atoms with E-state index >= 15 is 0 Å². The Bertz CT molecular complexity index is 714. The van der Waals surface area contributed by atoms with Crippen molar-refractivity contribution in [2.24, 2.45) is 0 Å². The van der Waals surface area contributed by atoms with Gasteiger partial charge in [0.1, 0.15) is 0 Å². The predicted octanol–water partition coefficient (Wildman–Crippen LogP) is 3.09. The van der Waals surface area contributed by atoms with Gasteiger partial charge in [0.05, 0.1) is 11.9 Å². The second-order valence-electron chi connectivity index (χ2n) is 5.56. The third kappa shape index (κ3) is 4.62. The Morgan fingerprint density at radius 1 is 1.21 bits per heavy atom. The fraction of sp³-hybridized carbons (Fsp3) is 0.333. The highest BCUT2D eigenvalue weighted by molar-refractivity contribution is 5.95. The number of anilines is 1. The Morgan fingerprint density at radius 2 is 1.96 bits per heavy atom. The fourth-order valence-corrected chi connectivity index (χ4v) is 2.15. The monoisotopic (exact) mass is 327 g/mol. The molecule has 0 radical (unpaired) electrons. The number of para-hydroxylation sites is 1. The Labute approximate surface area is 141 Å². The lowest BCUT2D eigenvalue weighted by molar-refractivity contribution is -0.119. The summed E-state index contributed by atoms with van der Waals surface area (Å²) < 4.78 is 4.98. The number of esters is 1. The molecule has 126 valence electrons. The minimum absolute atomic E-state index is 0.0772. The standard InChI is InChI=1S/C18H21N3O3/c1-4-12(2)14-7-5-6-8-15(14)21-17(22)11-24-18(23)16-10-19-13(3)9-20-16/h5-10,12H,4,11H2,1-3H3,(H,21,22)/t12-/m0/s1. The maximum Gasteiger partial charge on any atom is 0.359 e. The van der Waals surface area contributed by atoms with Gasteiger partial charge in [-0.3, -0.25) is 9.78 Å². The molecular weight excluding hydrogens is 306 g/mol. The number of nitrogens with zero attached hydrogens (tertiary/aromatic N) is 2. The Balaban J connectivity index is 1.94. The maximum atomic E-state index is 12.0. The van der Waals surface area contributed by atoms with Crippen LogP contribution in [-0.4, -0.2) is 28.5 Å². The van der Waals surface area contributed by atoms with Gasteiger partial charge < -0.3 is 10.1 Å². The molecule has 6 nitrogen and oxygen atoms in total. The molecule has 6 heteroatoms. The van der Waals surface area contributed by atoms with E-state index in [1.807, 2.05) is 24.3 Å². The zero-order chi connectivity index (χ0) is 17.5. The van der Waals surface area contributed by atoms with Crippen LogP contribution in [0.3, 0.4) is 0 Å². The van der Waals surface area contributed by atoms with Crippen LogP contribution in [0.5, 0.6) is 0 Å². The molecule has 0 fully saturated rings. The number of aromatic nitrogens is 2. The van der Waals surface area contributed by atoms with Crippen molar-refractivity contribution in [3.8, 4) is 0 Å². The lowest BCUT2D eigenvalue weighted by Gasteiger charge is -2.15. The van der Waals surface area contributed by atoms with Crippen molar-refractivity contribution < 1.29 is 14.3 Å². The molecule has 0 bridgehead atoms. The number of aryl methyl sites for hydroxylation is 1. The number of amides is 1. The summed E-state index contributed by atoms with van der Waals surface area (Å²) in [4.78, 5) is 31.8.